The van der Waals surface area contributed by atoms with Crippen molar-refractivity contribution in [3.8, 4) is 22.3 Å². The summed E-state index contributed by atoms with van der Waals surface area (Å²) >= 11 is 7.87. The van der Waals surface area contributed by atoms with E-state index in [1.54, 1.807) is 35.7 Å². The zero-order chi connectivity index (χ0) is 52.6. The van der Waals surface area contributed by atoms with Crippen molar-refractivity contribution in [2.24, 2.45) is 22.2 Å². The van der Waals surface area contributed by atoms with Gasteiger partial charge in [0.05, 0.1) is 45.4 Å². The summed E-state index contributed by atoms with van der Waals surface area (Å²) in [5.74, 6) is 0.362. The number of pyridine rings is 1. The number of hydrogen-bond donors (Lipinski definition) is 3. The molecule has 4 aromatic rings. The fourth-order valence-electron chi connectivity index (χ4n) is 12.2. The third-order valence-electron chi connectivity index (χ3n) is 15.9. The molecule has 4 fully saturated rings. The monoisotopic (exact) mass is 1030 g/mol. The van der Waals surface area contributed by atoms with Gasteiger partial charge in [-0.1, -0.05) is 91.3 Å². The van der Waals surface area contributed by atoms with E-state index in [2.05, 4.69) is 59.2 Å². The Hall–Kier alpha value is -5.44. The number of likely N-dealkylation sites (tertiary alicyclic amines) is 1. The number of nitrogens with one attached hydrogen (secondary N) is 2. The molecule has 2 bridgehead atoms. The first-order valence-electron chi connectivity index (χ1n) is 25.6. The number of aryl methyl sites for hydroxylation is 1. The van der Waals surface area contributed by atoms with Crippen LogP contribution in [0.15, 0.2) is 66.3 Å². The predicted octanol–water partition coefficient (Wildman–Crippen LogP) is 8.17. The second-order valence-corrected chi connectivity index (χ2v) is 23.9. The van der Waals surface area contributed by atoms with E-state index in [4.69, 9.17) is 26.1 Å². The molecule has 2 unspecified atom stereocenters. The molecule has 3 aliphatic heterocycles. The molecule has 2 aromatic carbocycles. The number of aromatic nitrogens is 2. The molecular weight excluding hydrogens is 964 g/mol. The number of benzene rings is 2. The predicted molar refractivity (Wildman–Crippen MR) is 282 cm³/mol. The smallest absolute Gasteiger partial charge is 0.246 e. The van der Waals surface area contributed by atoms with Crippen molar-refractivity contribution in [3.05, 3.63) is 93.7 Å². The van der Waals surface area contributed by atoms with Crippen LogP contribution in [0.1, 0.15) is 121 Å². The Balaban J connectivity index is 0.792. The third kappa shape index (κ3) is 11.5. The van der Waals surface area contributed by atoms with Gasteiger partial charge in [0.2, 0.25) is 17.7 Å². The highest BCUT2D eigenvalue weighted by atomic mass is 35.5. The maximum absolute atomic E-state index is 14.3. The van der Waals surface area contributed by atoms with Crippen LogP contribution in [-0.4, -0.2) is 124 Å². The molecule has 3 amide bonds. The number of β-amino-alcohol motifs (C(OH)–C–C–N with tert-alkyl or cyclic N) is 1. The van der Waals surface area contributed by atoms with Crippen molar-refractivity contribution < 1.29 is 33.8 Å². The third-order valence-corrected chi connectivity index (χ3v) is 17.2. The number of anilines is 1. The van der Waals surface area contributed by atoms with Crippen LogP contribution in [-0.2, 0) is 19.1 Å². The standard InChI is InChI=1S/C56H71ClN8O7S/c1-10-43(34-11-13-35(14-12-34)49-33(2)60-32-73-49)61-51(69)44-23-40(66)30-65(44)52(70)50(54(3,4)5)62-48(68)31-71-22-21-64-38-17-18-39(64)29-63(28-38)47-20-16-37(27-59-47)45(67)25-46-55(6,7)53(56(46,8)9)72-41-19-15-36(26-58)42(57)24-41/h11-16,19-20,24,27,32,38-40,43-44,46,50,53,66H,10,17-18,21-23,25,28-31H2,1-9H3,(H,61,69)(H,62,68)/t38?,39?,40-,43+,44+,46?,50-,53?/m1/s1. The molecule has 0 spiro atoms. The van der Waals surface area contributed by atoms with Gasteiger partial charge in [-0.3, -0.25) is 24.1 Å². The zero-order valence-electron chi connectivity index (χ0n) is 43.6. The molecule has 2 aromatic heterocycles. The number of hydrogen-bond acceptors (Lipinski definition) is 13. The molecule has 17 heteroatoms. The molecular formula is C56H71ClN8O7S. The lowest BCUT2D eigenvalue weighted by Crippen LogP contribution is -2.66. The molecule has 0 radical (unpaired) electrons. The number of rotatable bonds is 18. The molecule has 5 heterocycles. The molecule has 73 heavy (non-hydrogen) atoms. The zero-order valence-corrected chi connectivity index (χ0v) is 45.2. The number of aliphatic hydroxyl groups excluding tert-OH is 1. The Morgan fingerprint density at radius 3 is 2.26 bits per heavy atom. The Bertz CT molecular complexity index is 2670. The quantitative estimate of drug-likeness (QED) is 0.0641. The van der Waals surface area contributed by atoms with Gasteiger partial charge < -0.3 is 35.0 Å². The fourth-order valence-corrected chi connectivity index (χ4v) is 13.2. The lowest BCUT2D eigenvalue weighted by Gasteiger charge is -2.63. The highest BCUT2D eigenvalue weighted by Crippen LogP contribution is 2.62. The maximum atomic E-state index is 14.3. The fraction of sp³-hybridized carbons (Fsp3) is 0.554. The van der Waals surface area contributed by atoms with Crippen molar-refractivity contribution in [2.75, 3.05) is 44.3 Å². The van der Waals surface area contributed by atoms with Crippen LogP contribution in [0, 0.1) is 40.4 Å². The van der Waals surface area contributed by atoms with Crippen LogP contribution in [0.5, 0.6) is 5.75 Å². The second-order valence-electron chi connectivity index (χ2n) is 22.7. The molecule has 8 rings (SSSR count). The Labute approximate surface area is 439 Å². The maximum Gasteiger partial charge on any atom is 0.246 e. The number of Topliss-reactive ketones (excluding diaryl/α,β-unsaturated/α-hetero) is 1. The number of halogens is 1. The molecule has 3 saturated heterocycles. The van der Waals surface area contributed by atoms with Crippen LogP contribution in [0.4, 0.5) is 5.82 Å². The average molecular weight is 1040 g/mol. The summed E-state index contributed by atoms with van der Waals surface area (Å²) in [4.78, 5) is 71.8. The lowest BCUT2D eigenvalue weighted by molar-refractivity contribution is -0.196. The number of amides is 3. The van der Waals surface area contributed by atoms with E-state index in [1.807, 2.05) is 76.5 Å². The van der Waals surface area contributed by atoms with E-state index in [-0.39, 0.29) is 72.2 Å². The topological polar surface area (TPSA) is 190 Å². The summed E-state index contributed by atoms with van der Waals surface area (Å²) in [6.45, 7) is 20.4. The van der Waals surface area contributed by atoms with Gasteiger partial charge in [0.15, 0.2) is 5.78 Å². The van der Waals surface area contributed by atoms with Crippen LogP contribution >= 0.6 is 22.9 Å². The van der Waals surface area contributed by atoms with Gasteiger partial charge >= 0.3 is 0 Å². The largest absolute Gasteiger partial charge is 0.489 e. The Morgan fingerprint density at radius 1 is 0.973 bits per heavy atom. The number of piperazine rings is 1. The van der Waals surface area contributed by atoms with Crippen LogP contribution in [0.2, 0.25) is 5.02 Å². The minimum Gasteiger partial charge on any atom is -0.489 e. The van der Waals surface area contributed by atoms with Gasteiger partial charge in [0.25, 0.3) is 0 Å². The van der Waals surface area contributed by atoms with Gasteiger partial charge in [-0.2, -0.15) is 5.26 Å². The van der Waals surface area contributed by atoms with Crippen molar-refractivity contribution in [1.29, 1.82) is 5.26 Å². The van der Waals surface area contributed by atoms with Gasteiger partial charge in [0, 0.05) is 79.8 Å². The first-order chi connectivity index (χ1) is 34.6. The van der Waals surface area contributed by atoms with E-state index in [0.29, 0.717) is 47.9 Å². The molecule has 15 nitrogen and oxygen atoms in total. The number of nitrogens with zero attached hydrogens (tertiary/aromatic N) is 6. The molecule has 3 N–H and O–H groups in total. The summed E-state index contributed by atoms with van der Waals surface area (Å²) in [6.07, 6.45) is 3.83. The van der Waals surface area contributed by atoms with Gasteiger partial charge in [-0.25, -0.2) is 9.97 Å². The average Bonchev–Trinajstić information content (AvgIpc) is 4.04. The summed E-state index contributed by atoms with van der Waals surface area (Å²) in [5, 5.41) is 26.4. The minimum atomic E-state index is -0.962. The number of thiazole rings is 1. The summed E-state index contributed by atoms with van der Waals surface area (Å²) in [6, 6.07) is 17.5. The highest BCUT2D eigenvalue weighted by Gasteiger charge is 2.63. The van der Waals surface area contributed by atoms with Gasteiger partial charge in [-0.15, -0.1) is 11.3 Å². The van der Waals surface area contributed by atoms with E-state index in [1.165, 1.54) is 4.90 Å². The summed E-state index contributed by atoms with van der Waals surface area (Å²) < 4.78 is 12.4. The number of ketones is 1. The molecule has 390 valence electrons. The first-order valence-corrected chi connectivity index (χ1v) is 26.9. The van der Waals surface area contributed by atoms with E-state index in [9.17, 15) is 29.5 Å². The first kappa shape index (κ1) is 53.8. The molecule has 1 aliphatic carbocycles. The number of carbonyl (C=O) groups excluding carboxylic acids is 4. The highest BCUT2D eigenvalue weighted by molar-refractivity contribution is 7.13. The lowest BCUT2D eigenvalue weighted by atomic mass is 9.44. The number of carbonyl (C=O) groups is 4. The number of nitriles is 1. The molecule has 4 aliphatic rings. The molecule has 6 atom stereocenters. The van der Waals surface area contributed by atoms with Crippen LogP contribution in [0.3, 0.4) is 0 Å². The van der Waals surface area contributed by atoms with Crippen LogP contribution in [0.25, 0.3) is 10.4 Å². The van der Waals surface area contributed by atoms with Crippen molar-refractivity contribution in [3.63, 3.8) is 0 Å². The number of fused-ring (bicyclic) bond motifs is 2. The number of aliphatic hydroxyl groups is 1. The van der Waals surface area contributed by atoms with E-state index in [0.717, 1.165) is 53.4 Å². The SMILES string of the molecule is CC[C@H](NC(=O)[C@@H]1C[C@@H](O)CN1C(=O)[C@@H](NC(=O)COCCN1C2CCC1CN(c1ccc(C(=O)CC3C(C)(C)C(Oc4ccc(C#N)c(Cl)c4)C3(C)C)cn1)C2)C(C)(C)C)c1ccc(-c2scnc2C)cc1. The van der Waals surface area contributed by atoms with Crippen molar-refractivity contribution in [2.45, 2.75) is 137 Å². The minimum absolute atomic E-state index is 0.0118. The van der Waals surface area contributed by atoms with Gasteiger partial charge in [0.1, 0.15) is 42.4 Å². The second kappa shape index (κ2) is 21.8. The normalized spacial score (nSPS) is 24.0. The van der Waals surface area contributed by atoms with Crippen molar-refractivity contribution in [1.82, 2.24) is 30.4 Å². The Morgan fingerprint density at radius 2 is 1.67 bits per heavy atom. The number of ether oxygens (including phenoxy) is 2. The van der Waals surface area contributed by atoms with E-state index < -0.39 is 35.4 Å². The van der Waals surface area contributed by atoms with Crippen LogP contribution < -0.4 is 20.3 Å². The van der Waals surface area contributed by atoms with Crippen molar-refractivity contribution >= 4 is 52.3 Å². The van der Waals surface area contributed by atoms with E-state index >= 15 is 0 Å². The van der Waals surface area contributed by atoms with Gasteiger partial charge in [-0.05, 0) is 72.9 Å². The molecule has 1 saturated carbocycles. The summed E-state index contributed by atoms with van der Waals surface area (Å²) in [5.41, 5.74) is 4.49. The summed E-state index contributed by atoms with van der Waals surface area (Å²) in [7, 11) is 0. The Kier molecular flexibility index (Phi) is 16.1.